The molecule has 0 amide bonds. The molecule has 0 bridgehead atoms. The van der Waals surface area contributed by atoms with E-state index in [4.69, 9.17) is 4.99 Å². The van der Waals surface area contributed by atoms with Crippen LogP contribution in [0, 0.1) is 11.2 Å². The number of carboxylic acids is 1. The van der Waals surface area contributed by atoms with Crippen molar-refractivity contribution in [2.75, 3.05) is 5.75 Å². The van der Waals surface area contributed by atoms with Gasteiger partial charge in [0.05, 0.1) is 11.4 Å². The van der Waals surface area contributed by atoms with Gasteiger partial charge in [-0.2, -0.15) is 0 Å². The van der Waals surface area contributed by atoms with Gasteiger partial charge in [0.25, 0.3) is 0 Å². The van der Waals surface area contributed by atoms with Crippen LogP contribution in [-0.4, -0.2) is 28.6 Å². The highest BCUT2D eigenvalue weighted by Crippen LogP contribution is 2.43. The zero-order valence-corrected chi connectivity index (χ0v) is 13.9. The summed E-state index contributed by atoms with van der Waals surface area (Å²) in [6.07, 6.45) is 1.62. The van der Waals surface area contributed by atoms with Crippen LogP contribution in [-0.2, 0) is 4.79 Å². The SMILES string of the molecule is CC1(C)CC2=C(SCC(C(=O)O)N2)/C(=N/c2ccc(F)cc2)C1. The van der Waals surface area contributed by atoms with E-state index in [2.05, 4.69) is 19.2 Å². The number of aliphatic carboxylic acids is 1. The van der Waals surface area contributed by atoms with Crippen LogP contribution in [0.5, 0.6) is 0 Å². The van der Waals surface area contributed by atoms with E-state index in [1.807, 2.05) is 0 Å². The number of halogens is 1. The summed E-state index contributed by atoms with van der Waals surface area (Å²) in [5, 5.41) is 12.4. The third-order valence-electron chi connectivity index (χ3n) is 3.97. The van der Waals surface area contributed by atoms with E-state index in [0.29, 0.717) is 11.4 Å². The van der Waals surface area contributed by atoms with Crippen molar-refractivity contribution in [3.8, 4) is 0 Å². The summed E-state index contributed by atoms with van der Waals surface area (Å²) in [7, 11) is 0. The Morgan fingerprint density at radius 2 is 2.04 bits per heavy atom. The lowest BCUT2D eigenvalue weighted by Crippen LogP contribution is -2.44. The molecule has 122 valence electrons. The van der Waals surface area contributed by atoms with Gasteiger partial charge in [-0.05, 0) is 42.5 Å². The van der Waals surface area contributed by atoms with E-state index in [-0.39, 0.29) is 11.2 Å². The molecule has 1 unspecified atom stereocenters. The fourth-order valence-electron chi connectivity index (χ4n) is 2.93. The lowest BCUT2D eigenvalue weighted by Gasteiger charge is -2.38. The normalized spacial score (nSPS) is 25.0. The number of hydrogen-bond donors (Lipinski definition) is 2. The first kappa shape index (κ1) is 16.1. The molecule has 1 heterocycles. The zero-order valence-electron chi connectivity index (χ0n) is 13.1. The van der Waals surface area contributed by atoms with Gasteiger partial charge in [-0.25, -0.2) is 9.18 Å². The Labute approximate surface area is 138 Å². The lowest BCUT2D eigenvalue weighted by molar-refractivity contribution is -0.138. The van der Waals surface area contributed by atoms with E-state index in [9.17, 15) is 14.3 Å². The van der Waals surface area contributed by atoms with Crippen molar-refractivity contribution >= 4 is 29.1 Å². The number of carbonyl (C=O) groups is 1. The second kappa shape index (κ2) is 6.00. The van der Waals surface area contributed by atoms with Crippen molar-refractivity contribution in [1.82, 2.24) is 5.32 Å². The summed E-state index contributed by atoms with van der Waals surface area (Å²) < 4.78 is 13.0. The Morgan fingerprint density at radius 3 is 2.70 bits per heavy atom. The smallest absolute Gasteiger partial charge is 0.326 e. The monoisotopic (exact) mass is 334 g/mol. The maximum atomic E-state index is 13.0. The Kier molecular flexibility index (Phi) is 4.19. The topological polar surface area (TPSA) is 61.7 Å². The first-order valence-electron chi connectivity index (χ1n) is 7.53. The summed E-state index contributed by atoms with van der Waals surface area (Å²) >= 11 is 1.55. The summed E-state index contributed by atoms with van der Waals surface area (Å²) in [6, 6.07) is 5.56. The van der Waals surface area contributed by atoms with Crippen LogP contribution in [0.1, 0.15) is 26.7 Å². The third kappa shape index (κ3) is 3.58. The molecule has 1 aliphatic heterocycles. The van der Waals surface area contributed by atoms with Gasteiger partial charge >= 0.3 is 5.97 Å². The van der Waals surface area contributed by atoms with Crippen LogP contribution in [0.15, 0.2) is 39.9 Å². The highest BCUT2D eigenvalue weighted by Gasteiger charge is 2.36. The lowest BCUT2D eigenvalue weighted by atomic mass is 9.78. The molecule has 1 aromatic carbocycles. The highest BCUT2D eigenvalue weighted by molar-refractivity contribution is 8.04. The molecule has 1 aliphatic carbocycles. The van der Waals surface area contributed by atoms with Crippen LogP contribution in [0.25, 0.3) is 0 Å². The summed E-state index contributed by atoms with van der Waals surface area (Å²) in [5.74, 6) is -0.628. The minimum atomic E-state index is -0.829. The Balaban J connectivity index is 1.97. The van der Waals surface area contributed by atoms with Crippen molar-refractivity contribution in [2.24, 2.45) is 10.4 Å². The van der Waals surface area contributed by atoms with Gasteiger partial charge < -0.3 is 10.4 Å². The molecule has 6 heteroatoms. The Morgan fingerprint density at radius 1 is 1.35 bits per heavy atom. The molecule has 1 aromatic rings. The van der Waals surface area contributed by atoms with Crippen LogP contribution in [0.2, 0.25) is 0 Å². The molecule has 0 radical (unpaired) electrons. The van der Waals surface area contributed by atoms with Gasteiger partial charge in [0, 0.05) is 16.4 Å². The van der Waals surface area contributed by atoms with E-state index >= 15 is 0 Å². The molecular weight excluding hydrogens is 315 g/mol. The summed E-state index contributed by atoms with van der Waals surface area (Å²) in [4.78, 5) is 17.0. The third-order valence-corrected chi connectivity index (χ3v) is 5.24. The fraction of sp³-hybridized carbons (Fsp3) is 0.412. The van der Waals surface area contributed by atoms with Crippen molar-refractivity contribution in [3.05, 3.63) is 40.7 Å². The number of rotatable bonds is 2. The van der Waals surface area contributed by atoms with E-state index in [1.54, 1.807) is 23.9 Å². The number of aliphatic imine (C=N–C) groups is 1. The Hall–Kier alpha value is -1.82. The highest BCUT2D eigenvalue weighted by atomic mass is 32.2. The van der Waals surface area contributed by atoms with Crippen LogP contribution >= 0.6 is 11.8 Å². The minimum absolute atomic E-state index is 0.00561. The average Bonchev–Trinajstić information content (AvgIpc) is 2.47. The van der Waals surface area contributed by atoms with Crippen molar-refractivity contribution < 1.29 is 14.3 Å². The second-order valence-corrected chi connectivity index (χ2v) is 7.74. The number of benzene rings is 1. The van der Waals surface area contributed by atoms with Gasteiger partial charge in [0.2, 0.25) is 0 Å². The molecule has 0 saturated carbocycles. The van der Waals surface area contributed by atoms with E-state index < -0.39 is 12.0 Å². The molecule has 1 atom stereocenters. The largest absolute Gasteiger partial charge is 0.480 e. The van der Waals surface area contributed by atoms with Gasteiger partial charge in [-0.15, -0.1) is 11.8 Å². The van der Waals surface area contributed by atoms with Gasteiger partial charge in [0.15, 0.2) is 0 Å². The predicted molar refractivity (Wildman–Crippen MR) is 90.6 cm³/mol. The average molecular weight is 334 g/mol. The number of carboxylic acid groups (broad SMARTS) is 1. The van der Waals surface area contributed by atoms with E-state index in [0.717, 1.165) is 29.2 Å². The Bertz CT molecular complexity index is 695. The van der Waals surface area contributed by atoms with Crippen molar-refractivity contribution in [1.29, 1.82) is 0 Å². The summed E-state index contributed by atoms with van der Waals surface area (Å²) in [6.45, 7) is 4.29. The number of allylic oxidation sites excluding steroid dienone is 2. The fourth-order valence-corrected chi connectivity index (χ4v) is 4.08. The number of nitrogens with one attached hydrogen (secondary N) is 1. The maximum Gasteiger partial charge on any atom is 0.326 e. The molecule has 3 rings (SSSR count). The number of thioether (sulfide) groups is 1. The number of nitrogens with zero attached hydrogens (tertiary/aromatic N) is 1. The molecule has 0 fully saturated rings. The molecule has 0 aromatic heterocycles. The predicted octanol–water partition coefficient (Wildman–Crippen LogP) is 3.72. The first-order valence-corrected chi connectivity index (χ1v) is 8.51. The van der Waals surface area contributed by atoms with Crippen LogP contribution in [0.4, 0.5) is 10.1 Å². The minimum Gasteiger partial charge on any atom is -0.480 e. The van der Waals surface area contributed by atoms with Crippen LogP contribution in [0.3, 0.4) is 0 Å². The van der Waals surface area contributed by atoms with Gasteiger partial charge in [0.1, 0.15) is 11.9 Å². The van der Waals surface area contributed by atoms with Crippen molar-refractivity contribution in [3.63, 3.8) is 0 Å². The maximum absolute atomic E-state index is 13.0. The zero-order chi connectivity index (χ0) is 16.6. The molecular formula is C17H19FN2O2S. The van der Waals surface area contributed by atoms with Gasteiger partial charge in [-0.3, -0.25) is 4.99 Å². The quantitative estimate of drug-likeness (QED) is 0.865. The van der Waals surface area contributed by atoms with E-state index in [1.165, 1.54) is 12.1 Å². The molecule has 23 heavy (non-hydrogen) atoms. The molecule has 4 nitrogen and oxygen atoms in total. The molecule has 2 aliphatic rings. The van der Waals surface area contributed by atoms with Gasteiger partial charge in [-0.1, -0.05) is 13.8 Å². The summed E-state index contributed by atoms with van der Waals surface area (Å²) in [5.41, 5.74) is 2.63. The number of hydrogen-bond acceptors (Lipinski definition) is 4. The molecule has 2 N–H and O–H groups in total. The molecule has 0 saturated heterocycles. The van der Waals surface area contributed by atoms with Crippen LogP contribution < -0.4 is 5.32 Å². The van der Waals surface area contributed by atoms with Crippen molar-refractivity contribution in [2.45, 2.75) is 32.7 Å². The first-order chi connectivity index (χ1) is 10.8. The second-order valence-electron chi connectivity index (χ2n) is 6.71. The standard InChI is InChI=1S/C17H19FN2O2S/c1-17(2)7-12(19-11-5-3-10(18)4-6-11)15-13(8-17)20-14(9-23-15)16(21)22/h3-6,14,20H,7-9H2,1-2H3,(H,21,22)/b19-12+. The molecule has 0 spiro atoms.